The summed E-state index contributed by atoms with van der Waals surface area (Å²) < 4.78 is 6.06. The molecular formula is C14H15NOS. The first-order valence-electron chi connectivity index (χ1n) is 5.81. The number of hydrogen-bond acceptors (Lipinski definition) is 3. The van der Waals surface area contributed by atoms with E-state index in [2.05, 4.69) is 24.4 Å². The second kappa shape index (κ2) is 4.17. The lowest BCUT2D eigenvalue weighted by molar-refractivity contribution is 0.164. The van der Waals surface area contributed by atoms with E-state index < -0.39 is 0 Å². The summed E-state index contributed by atoms with van der Waals surface area (Å²) in [7, 11) is 0. The number of benzene rings is 1. The maximum Gasteiger partial charge on any atom is 0.135 e. The van der Waals surface area contributed by atoms with Crippen LogP contribution in [-0.4, -0.2) is 0 Å². The number of hydrogen-bond donors (Lipinski definition) is 1. The zero-order chi connectivity index (χ0) is 11.8. The van der Waals surface area contributed by atoms with Gasteiger partial charge in [0.2, 0.25) is 0 Å². The molecular weight excluding hydrogens is 230 g/mol. The second-order valence-corrected chi connectivity index (χ2v) is 5.40. The fourth-order valence-electron chi connectivity index (χ4n) is 2.33. The van der Waals surface area contributed by atoms with Crippen molar-refractivity contribution in [1.82, 2.24) is 0 Å². The van der Waals surface area contributed by atoms with Gasteiger partial charge < -0.3 is 10.5 Å². The molecule has 2 heterocycles. The molecule has 3 rings (SSSR count). The lowest BCUT2D eigenvalue weighted by Crippen LogP contribution is -2.23. The molecule has 3 heteroatoms. The molecule has 17 heavy (non-hydrogen) atoms. The van der Waals surface area contributed by atoms with Crippen molar-refractivity contribution in [2.45, 2.75) is 25.5 Å². The van der Waals surface area contributed by atoms with Crippen LogP contribution >= 0.6 is 11.3 Å². The molecule has 1 aliphatic rings. The van der Waals surface area contributed by atoms with Crippen molar-refractivity contribution in [1.29, 1.82) is 0 Å². The van der Waals surface area contributed by atoms with Crippen LogP contribution in [0, 0.1) is 6.92 Å². The summed E-state index contributed by atoms with van der Waals surface area (Å²) in [6.45, 7) is 2.13. The zero-order valence-electron chi connectivity index (χ0n) is 9.72. The van der Waals surface area contributed by atoms with Crippen molar-refractivity contribution < 1.29 is 4.74 Å². The van der Waals surface area contributed by atoms with Gasteiger partial charge in [0.1, 0.15) is 11.9 Å². The van der Waals surface area contributed by atoms with E-state index in [9.17, 15) is 0 Å². The first-order valence-corrected chi connectivity index (χ1v) is 6.69. The normalized spacial score (nSPS) is 22.9. The van der Waals surface area contributed by atoms with Crippen LogP contribution in [-0.2, 0) is 0 Å². The summed E-state index contributed by atoms with van der Waals surface area (Å²) in [5.74, 6) is 0.934. The minimum atomic E-state index is 0.0754. The Morgan fingerprint density at radius 3 is 2.88 bits per heavy atom. The van der Waals surface area contributed by atoms with Crippen LogP contribution in [0.2, 0.25) is 0 Å². The molecule has 2 unspecified atom stereocenters. The van der Waals surface area contributed by atoms with E-state index in [1.165, 1.54) is 10.4 Å². The summed E-state index contributed by atoms with van der Waals surface area (Å²) in [5.41, 5.74) is 8.64. The van der Waals surface area contributed by atoms with Crippen LogP contribution in [0.1, 0.15) is 34.6 Å². The van der Waals surface area contributed by atoms with Gasteiger partial charge in [-0.25, -0.2) is 0 Å². The van der Waals surface area contributed by atoms with E-state index in [-0.39, 0.29) is 12.1 Å². The van der Waals surface area contributed by atoms with Crippen LogP contribution in [0.25, 0.3) is 0 Å². The average molecular weight is 245 g/mol. The number of nitrogens with two attached hydrogens (primary N) is 1. The third-order valence-corrected chi connectivity index (χ3v) is 4.36. The highest BCUT2D eigenvalue weighted by Crippen LogP contribution is 2.41. The summed E-state index contributed by atoms with van der Waals surface area (Å²) >= 11 is 1.75. The molecule has 0 saturated carbocycles. The first kappa shape index (κ1) is 10.8. The Bertz CT molecular complexity index is 535. The van der Waals surface area contributed by atoms with Gasteiger partial charge in [0.15, 0.2) is 0 Å². The topological polar surface area (TPSA) is 35.2 Å². The Hall–Kier alpha value is -1.32. The van der Waals surface area contributed by atoms with Gasteiger partial charge >= 0.3 is 0 Å². The van der Waals surface area contributed by atoms with Gasteiger partial charge in [-0.05, 0) is 30.0 Å². The number of thiophene rings is 1. The molecule has 1 aromatic heterocycles. The Labute approximate surface area is 105 Å². The quantitative estimate of drug-likeness (QED) is 0.833. The molecule has 1 aliphatic heterocycles. The van der Waals surface area contributed by atoms with E-state index in [1.54, 1.807) is 11.3 Å². The van der Waals surface area contributed by atoms with Crippen LogP contribution in [0.3, 0.4) is 0 Å². The first-order chi connectivity index (χ1) is 8.25. The standard InChI is InChI=1S/C14H15NOS/c1-9-6-7-17-14(9)13-8-11(15)10-4-2-3-5-12(10)16-13/h2-7,11,13H,8,15H2,1H3. The average Bonchev–Trinajstić information content (AvgIpc) is 2.75. The van der Waals surface area contributed by atoms with Crippen LogP contribution < -0.4 is 10.5 Å². The summed E-state index contributed by atoms with van der Waals surface area (Å²) in [6.07, 6.45) is 0.971. The SMILES string of the molecule is Cc1ccsc1C1CC(N)c2ccccc2O1. The van der Waals surface area contributed by atoms with E-state index in [0.717, 1.165) is 17.7 Å². The molecule has 2 atom stereocenters. The fourth-order valence-corrected chi connectivity index (χ4v) is 3.30. The molecule has 0 spiro atoms. The number of aryl methyl sites for hydroxylation is 1. The highest BCUT2D eigenvalue weighted by atomic mass is 32.1. The minimum absolute atomic E-state index is 0.0754. The molecule has 0 saturated heterocycles. The van der Waals surface area contributed by atoms with Crippen molar-refractivity contribution in [2.75, 3.05) is 0 Å². The predicted octanol–water partition coefficient (Wildman–Crippen LogP) is 3.58. The van der Waals surface area contributed by atoms with E-state index >= 15 is 0 Å². The predicted molar refractivity (Wildman–Crippen MR) is 70.4 cm³/mol. The van der Waals surface area contributed by atoms with Gasteiger partial charge in [-0.15, -0.1) is 11.3 Å². The fraction of sp³-hybridized carbons (Fsp3) is 0.286. The van der Waals surface area contributed by atoms with Gasteiger partial charge in [-0.3, -0.25) is 0 Å². The van der Waals surface area contributed by atoms with Crippen molar-refractivity contribution >= 4 is 11.3 Å². The van der Waals surface area contributed by atoms with E-state index in [0.29, 0.717) is 0 Å². The largest absolute Gasteiger partial charge is 0.484 e. The van der Waals surface area contributed by atoms with Crippen molar-refractivity contribution in [3.63, 3.8) is 0 Å². The number of rotatable bonds is 1. The monoisotopic (exact) mass is 245 g/mol. The van der Waals surface area contributed by atoms with Gasteiger partial charge in [0.05, 0.1) is 0 Å². The Kier molecular flexibility index (Phi) is 2.65. The van der Waals surface area contributed by atoms with Crippen molar-refractivity contribution in [3.05, 3.63) is 51.7 Å². The summed E-state index contributed by atoms with van der Waals surface area (Å²) in [4.78, 5) is 1.30. The van der Waals surface area contributed by atoms with Crippen molar-refractivity contribution in [3.8, 4) is 5.75 Å². The highest BCUT2D eigenvalue weighted by Gasteiger charge is 2.28. The van der Waals surface area contributed by atoms with E-state index in [4.69, 9.17) is 10.5 Å². The molecule has 2 N–H and O–H groups in total. The molecule has 2 aromatic rings. The Morgan fingerprint density at radius 1 is 1.29 bits per heavy atom. The maximum absolute atomic E-state index is 6.22. The zero-order valence-corrected chi connectivity index (χ0v) is 10.5. The van der Waals surface area contributed by atoms with Gasteiger partial charge in [0, 0.05) is 22.9 Å². The third-order valence-electron chi connectivity index (χ3n) is 3.25. The Balaban J connectivity index is 1.96. The number of ether oxygens (including phenoxy) is 1. The minimum Gasteiger partial charge on any atom is -0.484 e. The summed E-state index contributed by atoms with van der Waals surface area (Å²) in [5, 5.41) is 2.11. The maximum atomic E-state index is 6.22. The second-order valence-electron chi connectivity index (χ2n) is 4.45. The van der Waals surface area contributed by atoms with E-state index in [1.807, 2.05) is 18.2 Å². The van der Waals surface area contributed by atoms with Gasteiger partial charge in [-0.1, -0.05) is 18.2 Å². The van der Waals surface area contributed by atoms with Crippen LogP contribution in [0.5, 0.6) is 5.75 Å². The number of fused-ring (bicyclic) bond motifs is 1. The molecule has 0 bridgehead atoms. The molecule has 88 valence electrons. The molecule has 1 aromatic carbocycles. The molecule has 0 radical (unpaired) electrons. The summed E-state index contributed by atoms with van der Waals surface area (Å²) in [6, 6.07) is 10.3. The molecule has 2 nitrogen and oxygen atoms in total. The molecule has 0 aliphatic carbocycles. The third kappa shape index (κ3) is 1.85. The van der Waals surface area contributed by atoms with Gasteiger partial charge in [-0.2, -0.15) is 0 Å². The highest BCUT2D eigenvalue weighted by molar-refractivity contribution is 7.10. The Morgan fingerprint density at radius 2 is 2.12 bits per heavy atom. The van der Waals surface area contributed by atoms with Crippen LogP contribution in [0.15, 0.2) is 35.7 Å². The van der Waals surface area contributed by atoms with Crippen LogP contribution in [0.4, 0.5) is 0 Å². The van der Waals surface area contributed by atoms with Crippen molar-refractivity contribution in [2.24, 2.45) is 5.73 Å². The number of para-hydroxylation sites is 1. The smallest absolute Gasteiger partial charge is 0.135 e. The lowest BCUT2D eigenvalue weighted by atomic mass is 9.96. The molecule has 0 amide bonds. The lowest BCUT2D eigenvalue weighted by Gasteiger charge is -2.30. The molecule has 0 fully saturated rings. The van der Waals surface area contributed by atoms with Gasteiger partial charge in [0.25, 0.3) is 0 Å².